The first-order valence-electron chi connectivity index (χ1n) is 10.5. The van der Waals surface area contributed by atoms with E-state index in [0.29, 0.717) is 23.7 Å². The smallest absolute Gasteiger partial charge is 0.253 e. The maximum absolute atomic E-state index is 13.2. The average Bonchev–Trinajstić information content (AvgIpc) is 3.25. The number of nitrogens with zero attached hydrogens (tertiary/aromatic N) is 4. The molecule has 0 bridgehead atoms. The second-order valence-corrected chi connectivity index (χ2v) is 8.34. The molecule has 0 saturated carbocycles. The summed E-state index contributed by atoms with van der Waals surface area (Å²) in [5, 5.41) is 5.96. The fourth-order valence-corrected chi connectivity index (χ4v) is 4.29. The van der Waals surface area contributed by atoms with Gasteiger partial charge in [-0.15, -0.1) is 0 Å². The molecule has 0 radical (unpaired) electrons. The van der Waals surface area contributed by atoms with Crippen molar-refractivity contribution in [1.82, 2.24) is 19.2 Å². The third-order valence-corrected chi connectivity index (χ3v) is 6.32. The summed E-state index contributed by atoms with van der Waals surface area (Å²) in [6.07, 6.45) is 1.63. The summed E-state index contributed by atoms with van der Waals surface area (Å²) in [4.78, 5) is 14.9. The van der Waals surface area contributed by atoms with Crippen LogP contribution in [0.5, 0.6) is 0 Å². The Bertz CT molecular complexity index is 1240. The quantitative estimate of drug-likeness (QED) is 0.405. The molecule has 0 aliphatic rings. The first kappa shape index (κ1) is 21.2. The van der Waals surface area contributed by atoms with Crippen LogP contribution in [-0.2, 0) is 19.6 Å². The van der Waals surface area contributed by atoms with E-state index in [9.17, 15) is 4.79 Å². The number of aryl methyl sites for hydroxylation is 2. The number of fused-ring (bicyclic) bond motifs is 1. The van der Waals surface area contributed by atoms with Crippen molar-refractivity contribution >= 4 is 28.4 Å². The van der Waals surface area contributed by atoms with Crippen molar-refractivity contribution < 1.29 is 4.79 Å². The molecule has 5 nitrogen and oxygen atoms in total. The number of carbonyl (C=O) groups excluding carboxylic acids is 1. The Labute approximate surface area is 187 Å². The van der Waals surface area contributed by atoms with E-state index in [-0.39, 0.29) is 5.91 Å². The van der Waals surface area contributed by atoms with Crippen molar-refractivity contribution in [2.45, 2.75) is 40.4 Å². The largest absolute Gasteiger partial charge is 0.340 e. The van der Waals surface area contributed by atoms with Crippen LogP contribution < -0.4 is 0 Å². The zero-order valence-corrected chi connectivity index (χ0v) is 19.1. The SMILES string of the molecule is CCn1ncc(Cl)c1CN(C)C(=O)c1ccc2c(c1)c(C)c(C)n2Cc1ccccc1. The Morgan fingerprint density at radius 3 is 2.58 bits per heavy atom. The van der Waals surface area contributed by atoms with Crippen LogP contribution >= 0.6 is 11.6 Å². The summed E-state index contributed by atoms with van der Waals surface area (Å²) < 4.78 is 4.14. The lowest BCUT2D eigenvalue weighted by molar-refractivity contribution is 0.0782. The predicted molar refractivity (Wildman–Crippen MR) is 126 cm³/mol. The van der Waals surface area contributed by atoms with Gasteiger partial charge < -0.3 is 9.47 Å². The molecule has 4 rings (SSSR count). The van der Waals surface area contributed by atoms with Gasteiger partial charge in [0.2, 0.25) is 0 Å². The zero-order chi connectivity index (χ0) is 22.1. The zero-order valence-electron chi connectivity index (χ0n) is 18.4. The van der Waals surface area contributed by atoms with Crippen molar-refractivity contribution in [2.24, 2.45) is 0 Å². The maximum Gasteiger partial charge on any atom is 0.253 e. The number of rotatable bonds is 6. The molecular formula is C25H27ClN4O. The van der Waals surface area contributed by atoms with Crippen LogP contribution in [-0.4, -0.2) is 32.2 Å². The van der Waals surface area contributed by atoms with Gasteiger partial charge in [-0.05, 0) is 50.1 Å². The van der Waals surface area contributed by atoms with Crippen LogP contribution in [0, 0.1) is 13.8 Å². The van der Waals surface area contributed by atoms with Gasteiger partial charge in [0, 0.05) is 42.3 Å². The van der Waals surface area contributed by atoms with Crippen molar-refractivity contribution in [2.75, 3.05) is 7.05 Å². The Balaban J connectivity index is 1.64. The number of halogens is 1. The maximum atomic E-state index is 13.2. The average molecular weight is 435 g/mol. The Morgan fingerprint density at radius 2 is 1.87 bits per heavy atom. The molecule has 4 aromatic rings. The number of aromatic nitrogens is 3. The van der Waals surface area contributed by atoms with E-state index in [1.165, 1.54) is 16.8 Å². The number of carbonyl (C=O) groups is 1. The van der Waals surface area contributed by atoms with Gasteiger partial charge in [0.15, 0.2) is 0 Å². The first-order chi connectivity index (χ1) is 14.9. The highest BCUT2D eigenvalue weighted by molar-refractivity contribution is 6.31. The predicted octanol–water partition coefficient (Wildman–Crippen LogP) is 5.45. The number of hydrogen-bond donors (Lipinski definition) is 0. The first-order valence-corrected chi connectivity index (χ1v) is 10.9. The van der Waals surface area contributed by atoms with Crippen LogP contribution in [0.15, 0.2) is 54.7 Å². The second-order valence-electron chi connectivity index (χ2n) is 7.93. The summed E-state index contributed by atoms with van der Waals surface area (Å²) in [5.74, 6) is -0.0327. The minimum Gasteiger partial charge on any atom is -0.340 e. The molecule has 6 heteroatoms. The summed E-state index contributed by atoms with van der Waals surface area (Å²) in [6.45, 7) is 8.20. The molecule has 2 heterocycles. The Hall–Kier alpha value is -3.05. The standard InChI is InChI=1S/C25H27ClN4O/c1-5-30-24(22(26)14-27-30)16-28(4)25(31)20-11-12-23-21(13-20)17(2)18(3)29(23)15-19-9-7-6-8-10-19/h6-14H,5,15-16H2,1-4H3. The van der Waals surface area contributed by atoms with Crippen molar-refractivity contribution in [1.29, 1.82) is 0 Å². The molecule has 31 heavy (non-hydrogen) atoms. The molecule has 0 aliphatic carbocycles. The summed E-state index contributed by atoms with van der Waals surface area (Å²) in [5.41, 5.74) is 6.35. The van der Waals surface area contributed by atoms with Crippen molar-refractivity contribution in [3.63, 3.8) is 0 Å². The lowest BCUT2D eigenvalue weighted by atomic mass is 10.1. The van der Waals surface area contributed by atoms with Gasteiger partial charge in [-0.25, -0.2) is 0 Å². The van der Waals surface area contributed by atoms with Gasteiger partial charge in [-0.1, -0.05) is 41.9 Å². The van der Waals surface area contributed by atoms with E-state index in [0.717, 1.165) is 23.1 Å². The molecule has 0 fully saturated rings. The van der Waals surface area contributed by atoms with Crippen molar-refractivity contribution in [3.8, 4) is 0 Å². The van der Waals surface area contributed by atoms with Gasteiger partial charge in [0.05, 0.1) is 23.5 Å². The Morgan fingerprint density at radius 1 is 1.13 bits per heavy atom. The molecule has 0 atom stereocenters. The lowest BCUT2D eigenvalue weighted by Crippen LogP contribution is -2.27. The van der Waals surface area contributed by atoms with Gasteiger partial charge in [0.1, 0.15) is 0 Å². The highest BCUT2D eigenvalue weighted by atomic mass is 35.5. The van der Waals surface area contributed by atoms with Crippen LogP contribution in [0.2, 0.25) is 5.02 Å². The lowest BCUT2D eigenvalue weighted by Gasteiger charge is -2.18. The van der Waals surface area contributed by atoms with E-state index >= 15 is 0 Å². The number of benzene rings is 2. The van der Waals surface area contributed by atoms with Crippen LogP contribution in [0.3, 0.4) is 0 Å². The fourth-order valence-electron chi connectivity index (χ4n) is 4.09. The van der Waals surface area contributed by atoms with Crippen LogP contribution in [0.4, 0.5) is 0 Å². The monoisotopic (exact) mass is 434 g/mol. The van der Waals surface area contributed by atoms with E-state index in [2.05, 4.69) is 53.8 Å². The van der Waals surface area contributed by atoms with Gasteiger partial charge >= 0.3 is 0 Å². The fraction of sp³-hybridized carbons (Fsp3) is 0.280. The van der Waals surface area contributed by atoms with Gasteiger partial charge in [-0.2, -0.15) is 5.10 Å². The summed E-state index contributed by atoms with van der Waals surface area (Å²) >= 11 is 6.28. The van der Waals surface area contributed by atoms with E-state index < -0.39 is 0 Å². The molecule has 2 aromatic carbocycles. The third-order valence-electron chi connectivity index (χ3n) is 6.00. The molecule has 0 N–H and O–H groups in total. The van der Waals surface area contributed by atoms with E-state index in [1.54, 1.807) is 18.1 Å². The summed E-state index contributed by atoms with van der Waals surface area (Å²) in [6, 6.07) is 16.4. The molecule has 2 aromatic heterocycles. The normalized spacial score (nSPS) is 11.3. The van der Waals surface area contributed by atoms with Gasteiger partial charge in [0.25, 0.3) is 5.91 Å². The third kappa shape index (κ3) is 3.98. The van der Waals surface area contributed by atoms with Crippen LogP contribution in [0.1, 0.15) is 39.8 Å². The van der Waals surface area contributed by atoms with E-state index in [1.807, 2.05) is 29.8 Å². The van der Waals surface area contributed by atoms with E-state index in [4.69, 9.17) is 11.6 Å². The second kappa shape index (κ2) is 8.60. The Kier molecular flexibility index (Phi) is 5.88. The van der Waals surface area contributed by atoms with Crippen molar-refractivity contribution in [3.05, 3.63) is 87.8 Å². The molecule has 1 amide bonds. The van der Waals surface area contributed by atoms with Gasteiger partial charge in [-0.3, -0.25) is 9.48 Å². The molecule has 160 valence electrons. The molecule has 0 aliphatic heterocycles. The number of amides is 1. The molecule has 0 saturated heterocycles. The number of hydrogen-bond acceptors (Lipinski definition) is 2. The highest BCUT2D eigenvalue weighted by Crippen LogP contribution is 2.28. The topological polar surface area (TPSA) is 43.1 Å². The van der Waals surface area contributed by atoms with Crippen LogP contribution in [0.25, 0.3) is 10.9 Å². The molecular weight excluding hydrogens is 408 g/mol. The summed E-state index contributed by atoms with van der Waals surface area (Å²) in [7, 11) is 1.80. The minimum atomic E-state index is -0.0327. The highest BCUT2D eigenvalue weighted by Gasteiger charge is 2.19. The molecule has 0 unspecified atom stereocenters. The minimum absolute atomic E-state index is 0.0327. The molecule has 0 spiro atoms.